The third kappa shape index (κ3) is 4.71. The summed E-state index contributed by atoms with van der Waals surface area (Å²) in [4.78, 5) is 23.1. The summed E-state index contributed by atoms with van der Waals surface area (Å²) in [5.74, 6) is 2.60. The van der Waals surface area contributed by atoms with Crippen molar-refractivity contribution in [1.29, 1.82) is 0 Å². The van der Waals surface area contributed by atoms with Crippen LogP contribution in [0, 0.1) is 5.92 Å². The van der Waals surface area contributed by atoms with Gasteiger partial charge in [0.2, 0.25) is 0 Å². The van der Waals surface area contributed by atoms with Crippen molar-refractivity contribution in [3.05, 3.63) is 72.7 Å². The molecule has 2 heterocycles. The molecule has 2 aromatic carbocycles. The Labute approximate surface area is 170 Å². The number of hydrogen-bond donors (Lipinski definition) is 1. The zero-order valence-electron chi connectivity index (χ0n) is 16.4. The molecule has 4 rings (SSSR count). The van der Waals surface area contributed by atoms with E-state index >= 15 is 0 Å². The number of amides is 1. The molecular weight excluding hydrogens is 364 g/mol. The minimum Gasteiger partial charge on any atom is -0.455 e. The van der Waals surface area contributed by atoms with Crippen LogP contribution in [0.3, 0.4) is 0 Å². The molecule has 1 aliphatic heterocycles. The van der Waals surface area contributed by atoms with Crippen molar-refractivity contribution >= 4 is 17.4 Å². The zero-order chi connectivity index (χ0) is 20.1. The Bertz CT molecular complexity index is 969. The number of rotatable bonds is 5. The largest absolute Gasteiger partial charge is 0.455 e. The van der Waals surface area contributed by atoms with Gasteiger partial charge in [-0.15, -0.1) is 0 Å². The van der Waals surface area contributed by atoms with E-state index < -0.39 is 0 Å². The summed E-state index contributed by atoms with van der Waals surface area (Å²) in [7, 11) is 0. The number of ether oxygens (including phenoxy) is 1. The molecular formula is C23H24N4O2. The number of anilines is 2. The number of benzene rings is 2. The molecule has 1 aromatic heterocycles. The number of carbonyl (C=O) groups is 1. The Balaban J connectivity index is 1.51. The van der Waals surface area contributed by atoms with E-state index in [0.717, 1.165) is 37.4 Å². The van der Waals surface area contributed by atoms with E-state index in [1.54, 1.807) is 6.07 Å². The molecule has 6 nitrogen and oxygen atoms in total. The Hall–Kier alpha value is -3.41. The molecule has 29 heavy (non-hydrogen) atoms. The van der Waals surface area contributed by atoms with Crippen LogP contribution in [0.2, 0.25) is 0 Å². The van der Waals surface area contributed by atoms with Gasteiger partial charge < -0.3 is 15.0 Å². The normalized spacial score (nSPS) is 14.4. The molecule has 6 heteroatoms. The highest BCUT2D eigenvalue weighted by Gasteiger charge is 2.22. The monoisotopic (exact) mass is 388 g/mol. The molecule has 0 atom stereocenters. The fourth-order valence-electron chi connectivity index (χ4n) is 3.33. The van der Waals surface area contributed by atoms with Crippen molar-refractivity contribution in [2.45, 2.75) is 19.8 Å². The van der Waals surface area contributed by atoms with Crippen LogP contribution in [0.5, 0.6) is 11.5 Å². The standard InChI is InChI=1S/C23H24N4O2/c1-17-11-13-27(14-12-17)23(28)20-15-22(25-16-24-20)26-19-9-5-6-10-21(19)29-18-7-3-2-4-8-18/h2-10,15-17H,11-14H2,1H3,(H,24,25,26). The highest BCUT2D eigenvalue weighted by atomic mass is 16.5. The highest BCUT2D eigenvalue weighted by Crippen LogP contribution is 2.31. The fourth-order valence-corrected chi connectivity index (χ4v) is 3.33. The molecule has 0 aliphatic carbocycles. The summed E-state index contributed by atoms with van der Waals surface area (Å²) in [6.07, 6.45) is 3.49. The first-order valence-electron chi connectivity index (χ1n) is 9.89. The molecule has 1 saturated heterocycles. The number of para-hydroxylation sites is 3. The van der Waals surface area contributed by atoms with E-state index in [1.807, 2.05) is 59.5 Å². The van der Waals surface area contributed by atoms with Gasteiger partial charge in [0.15, 0.2) is 5.75 Å². The van der Waals surface area contributed by atoms with E-state index in [-0.39, 0.29) is 5.91 Å². The molecule has 0 bridgehead atoms. The second kappa shape index (κ2) is 8.73. The topological polar surface area (TPSA) is 67.4 Å². The Kier molecular flexibility index (Phi) is 5.70. The molecule has 3 aromatic rings. The van der Waals surface area contributed by atoms with Crippen LogP contribution in [-0.4, -0.2) is 33.9 Å². The van der Waals surface area contributed by atoms with E-state index in [0.29, 0.717) is 23.2 Å². The second-order valence-corrected chi connectivity index (χ2v) is 7.30. The molecule has 1 amide bonds. The zero-order valence-corrected chi connectivity index (χ0v) is 16.4. The number of hydrogen-bond acceptors (Lipinski definition) is 5. The molecule has 0 radical (unpaired) electrons. The van der Waals surface area contributed by atoms with E-state index in [9.17, 15) is 4.79 Å². The maximum Gasteiger partial charge on any atom is 0.272 e. The third-order valence-corrected chi connectivity index (χ3v) is 5.08. The van der Waals surface area contributed by atoms with E-state index in [2.05, 4.69) is 22.2 Å². The first kappa shape index (κ1) is 18.9. The van der Waals surface area contributed by atoms with E-state index in [1.165, 1.54) is 6.33 Å². The van der Waals surface area contributed by atoms with Gasteiger partial charge in [0, 0.05) is 19.2 Å². The van der Waals surface area contributed by atoms with Crippen molar-refractivity contribution in [2.75, 3.05) is 18.4 Å². The number of aromatic nitrogens is 2. The molecule has 1 N–H and O–H groups in total. The Morgan fingerprint density at radius 2 is 1.76 bits per heavy atom. The van der Waals surface area contributed by atoms with Gasteiger partial charge in [-0.25, -0.2) is 9.97 Å². The quantitative estimate of drug-likeness (QED) is 0.674. The first-order valence-corrected chi connectivity index (χ1v) is 9.89. The minimum atomic E-state index is -0.0452. The lowest BCUT2D eigenvalue weighted by atomic mass is 9.99. The summed E-state index contributed by atoms with van der Waals surface area (Å²) in [6, 6.07) is 18.9. The molecule has 0 unspecified atom stereocenters. The number of carbonyl (C=O) groups excluding carboxylic acids is 1. The van der Waals surface area contributed by atoms with Crippen LogP contribution in [0.4, 0.5) is 11.5 Å². The van der Waals surface area contributed by atoms with Gasteiger partial charge in [-0.05, 0) is 43.0 Å². The van der Waals surface area contributed by atoms with Crippen molar-refractivity contribution in [3.63, 3.8) is 0 Å². The predicted molar refractivity (Wildman–Crippen MR) is 113 cm³/mol. The van der Waals surface area contributed by atoms with Gasteiger partial charge in [0.25, 0.3) is 5.91 Å². The lowest BCUT2D eigenvalue weighted by molar-refractivity contribution is 0.0691. The van der Waals surface area contributed by atoms with Crippen molar-refractivity contribution in [3.8, 4) is 11.5 Å². The molecule has 148 valence electrons. The van der Waals surface area contributed by atoms with E-state index in [4.69, 9.17) is 4.74 Å². The Morgan fingerprint density at radius 3 is 2.55 bits per heavy atom. The lowest BCUT2D eigenvalue weighted by Gasteiger charge is -2.30. The maximum absolute atomic E-state index is 12.8. The average molecular weight is 388 g/mol. The molecule has 1 fully saturated rings. The summed E-state index contributed by atoms with van der Waals surface area (Å²) >= 11 is 0. The number of piperidine rings is 1. The summed E-state index contributed by atoms with van der Waals surface area (Å²) < 4.78 is 5.98. The third-order valence-electron chi connectivity index (χ3n) is 5.08. The Morgan fingerprint density at radius 1 is 1.03 bits per heavy atom. The maximum atomic E-state index is 12.8. The van der Waals surface area contributed by atoms with Gasteiger partial charge in [0.1, 0.15) is 23.6 Å². The summed E-state index contributed by atoms with van der Waals surface area (Å²) in [5, 5.41) is 3.25. The van der Waals surface area contributed by atoms with Gasteiger partial charge in [-0.3, -0.25) is 4.79 Å². The van der Waals surface area contributed by atoms with Crippen LogP contribution >= 0.6 is 0 Å². The fraction of sp³-hybridized carbons (Fsp3) is 0.261. The second-order valence-electron chi connectivity index (χ2n) is 7.30. The minimum absolute atomic E-state index is 0.0452. The predicted octanol–water partition coefficient (Wildman–Crippen LogP) is 4.88. The number of nitrogens with zero attached hydrogens (tertiary/aromatic N) is 3. The van der Waals surface area contributed by atoms with Gasteiger partial charge in [-0.2, -0.15) is 0 Å². The van der Waals surface area contributed by atoms with Gasteiger partial charge in [-0.1, -0.05) is 37.3 Å². The summed E-state index contributed by atoms with van der Waals surface area (Å²) in [6.45, 7) is 3.78. The van der Waals surface area contributed by atoms with Crippen LogP contribution in [0.25, 0.3) is 0 Å². The van der Waals surface area contributed by atoms with Crippen molar-refractivity contribution < 1.29 is 9.53 Å². The number of likely N-dealkylation sites (tertiary alicyclic amines) is 1. The smallest absolute Gasteiger partial charge is 0.272 e. The average Bonchev–Trinajstić information content (AvgIpc) is 2.76. The van der Waals surface area contributed by atoms with Gasteiger partial charge in [0.05, 0.1) is 5.69 Å². The van der Waals surface area contributed by atoms with Crippen LogP contribution in [0.15, 0.2) is 67.0 Å². The lowest BCUT2D eigenvalue weighted by Crippen LogP contribution is -2.38. The highest BCUT2D eigenvalue weighted by molar-refractivity contribution is 5.93. The SMILES string of the molecule is CC1CCN(C(=O)c2cc(Nc3ccccc3Oc3ccccc3)ncn2)CC1. The first-order chi connectivity index (χ1) is 14.2. The molecule has 0 spiro atoms. The number of nitrogens with one attached hydrogen (secondary N) is 1. The van der Waals surface area contributed by atoms with Crippen molar-refractivity contribution in [2.24, 2.45) is 5.92 Å². The molecule has 1 aliphatic rings. The summed E-state index contributed by atoms with van der Waals surface area (Å²) in [5.41, 5.74) is 1.17. The van der Waals surface area contributed by atoms with Gasteiger partial charge >= 0.3 is 0 Å². The van der Waals surface area contributed by atoms with Crippen LogP contribution < -0.4 is 10.1 Å². The van der Waals surface area contributed by atoms with Crippen LogP contribution in [-0.2, 0) is 0 Å². The molecule has 0 saturated carbocycles. The van der Waals surface area contributed by atoms with Crippen molar-refractivity contribution in [1.82, 2.24) is 14.9 Å². The van der Waals surface area contributed by atoms with Crippen LogP contribution in [0.1, 0.15) is 30.3 Å².